The number of hydrogen-bond donors (Lipinski definition) is 2. The van der Waals surface area contributed by atoms with Gasteiger partial charge in [-0.2, -0.15) is 0 Å². The molecule has 4 aromatic rings. The number of rotatable bonds is 2. The summed E-state index contributed by atoms with van der Waals surface area (Å²) in [5.74, 6) is 0.147. The van der Waals surface area contributed by atoms with Gasteiger partial charge in [0.05, 0.1) is 22.9 Å². The second kappa shape index (κ2) is 5.25. The highest BCUT2D eigenvalue weighted by Gasteiger charge is 2.18. The quantitative estimate of drug-likeness (QED) is 0.580. The molecule has 0 bridgehead atoms. The van der Waals surface area contributed by atoms with Crippen LogP contribution in [0.2, 0.25) is 0 Å². The summed E-state index contributed by atoms with van der Waals surface area (Å²) in [5, 5.41) is 10.2. The van der Waals surface area contributed by atoms with Gasteiger partial charge in [-0.25, -0.2) is 0 Å². The third kappa shape index (κ3) is 2.16. The Kier molecular flexibility index (Phi) is 3.08. The molecule has 1 aromatic carbocycles. The van der Waals surface area contributed by atoms with Gasteiger partial charge in [0.1, 0.15) is 5.75 Å². The molecule has 0 spiro atoms. The smallest absolute Gasteiger partial charge is 0.143 e. The number of H-pyrrole nitrogens is 1. The van der Waals surface area contributed by atoms with Crippen molar-refractivity contribution in [2.24, 2.45) is 0 Å². The van der Waals surface area contributed by atoms with Gasteiger partial charge in [0.2, 0.25) is 0 Å². The summed E-state index contributed by atoms with van der Waals surface area (Å²) in [6.07, 6.45) is 4.94. The third-order valence-corrected chi connectivity index (χ3v) is 4.03. The van der Waals surface area contributed by atoms with Gasteiger partial charge in [0, 0.05) is 23.5 Å². The average molecular weight is 301 g/mol. The SMILES string of the molecule is Cc1ccnc2c(-c3ccccc3)c(-c3ccncc3O)[nH]c12. The Hall–Kier alpha value is -3.14. The van der Waals surface area contributed by atoms with Crippen molar-refractivity contribution in [3.05, 3.63) is 66.6 Å². The van der Waals surface area contributed by atoms with Crippen molar-refractivity contribution in [3.8, 4) is 28.1 Å². The van der Waals surface area contributed by atoms with E-state index in [-0.39, 0.29) is 5.75 Å². The fraction of sp³-hybridized carbons (Fsp3) is 0.0526. The van der Waals surface area contributed by atoms with Crippen LogP contribution in [-0.2, 0) is 0 Å². The van der Waals surface area contributed by atoms with Crippen molar-refractivity contribution in [1.82, 2.24) is 15.0 Å². The van der Waals surface area contributed by atoms with Crippen molar-refractivity contribution in [3.63, 3.8) is 0 Å². The molecule has 0 aliphatic heterocycles. The molecule has 112 valence electrons. The Morgan fingerprint density at radius 1 is 1.00 bits per heavy atom. The molecule has 0 saturated heterocycles. The van der Waals surface area contributed by atoms with E-state index in [0.29, 0.717) is 0 Å². The predicted molar refractivity (Wildman–Crippen MR) is 91.2 cm³/mol. The number of aryl methyl sites for hydroxylation is 1. The number of aromatic hydroxyl groups is 1. The van der Waals surface area contributed by atoms with Gasteiger partial charge in [0.25, 0.3) is 0 Å². The summed E-state index contributed by atoms with van der Waals surface area (Å²) in [5.41, 5.74) is 6.63. The van der Waals surface area contributed by atoms with Gasteiger partial charge in [-0.15, -0.1) is 0 Å². The van der Waals surface area contributed by atoms with Crippen molar-refractivity contribution in [2.75, 3.05) is 0 Å². The largest absolute Gasteiger partial charge is 0.506 e. The Labute approximate surface area is 133 Å². The average Bonchev–Trinajstić information content (AvgIpc) is 2.97. The maximum Gasteiger partial charge on any atom is 0.143 e. The summed E-state index contributed by atoms with van der Waals surface area (Å²) in [4.78, 5) is 12.0. The molecule has 0 saturated carbocycles. The molecule has 0 aliphatic carbocycles. The Balaban J connectivity index is 2.12. The zero-order chi connectivity index (χ0) is 15.8. The standard InChI is InChI=1S/C19H15N3O/c1-12-7-10-21-19-16(13-5-3-2-4-6-13)18(22-17(12)19)14-8-9-20-11-15(14)23/h2-11,22-23H,1H3. The summed E-state index contributed by atoms with van der Waals surface area (Å²) in [7, 11) is 0. The Morgan fingerprint density at radius 2 is 1.83 bits per heavy atom. The third-order valence-electron chi connectivity index (χ3n) is 4.03. The first kappa shape index (κ1) is 13.5. The molecule has 4 heteroatoms. The normalized spacial score (nSPS) is 11.0. The molecule has 0 amide bonds. The van der Waals surface area contributed by atoms with Gasteiger partial charge in [-0.3, -0.25) is 9.97 Å². The lowest BCUT2D eigenvalue weighted by molar-refractivity contribution is 0.474. The second-order valence-corrected chi connectivity index (χ2v) is 5.49. The Bertz CT molecular complexity index is 990. The molecule has 0 aliphatic rings. The molecule has 0 unspecified atom stereocenters. The van der Waals surface area contributed by atoms with Crippen LogP contribution in [0.3, 0.4) is 0 Å². The van der Waals surface area contributed by atoms with Crippen LogP contribution in [0.4, 0.5) is 0 Å². The zero-order valence-electron chi connectivity index (χ0n) is 12.6. The minimum Gasteiger partial charge on any atom is -0.506 e. The molecule has 0 atom stereocenters. The van der Waals surface area contributed by atoms with Crippen LogP contribution in [0, 0.1) is 6.92 Å². The van der Waals surface area contributed by atoms with Crippen LogP contribution in [-0.4, -0.2) is 20.1 Å². The lowest BCUT2D eigenvalue weighted by Gasteiger charge is -2.06. The van der Waals surface area contributed by atoms with Crippen molar-refractivity contribution < 1.29 is 5.11 Å². The van der Waals surface area contributed by atoms with E-state index >= 15 is 0 Å². The molecule has 23 heavy (non-hydrogen) atoms. The van der Waals surface area contributed by atoms with E-state index in [1.54, 1.807) is 6.20 Å². The molecule has 2 N–H and O–H groups in total. The van der Waals surface area contributed by atoms with Crippen LogP contribution in [0.1, 0.15) is 5.56 Å². The lowest BCUT2D eigenvalue weighted by atomic mass is 10.0. The maximum atomic E-state index is 10.2. The van der Waals surface area contributed by atoms with Gasteiger partial charge < -0.3 is 10.1 Å². The zero-order valence-corrected chi connectivity index (χ0v) is 12.6. The number of aromatic nitrogens is 3. The highest BCUT2D eigenvalue weighted by molar-refractivity contribution is 6.03. The molecular formula is C19H15N3O. The van der Waals surface area contributed by atoms with Crippen molar-refractivity contribution >= 4 is 11.0 Å². The predicted octanol–water partition coefficient (Wildman–Crippen LogP) is 4.31. The monoisotopic (exact) mass is 301 g/mol. The summed E-state index contributed by atoms with van der Waals surface area (Å²) in [6.45, 7) is 2.05. The molecule has 4 rings (SSSR count). The van der Waals surface area contributed by atoms with Crippen molar-refractivity contribution in [2.45, 2.75) is 6.92 Å². The highest BCUT2D eigenvalue weighted by Crippen LogP contribution is 2.40. The van der Waals surface area contributed by atoms with Crippen LogP contribution < -0.4 is 0 Å². The number of hydrogen-bond acceptors (Lipinski definition) is 3. The highest BCUT2D eigenvalue weighted by atomic mass is 16.3. The fourth-order valence-corrected chi connectivity index (χ4v) is 2.90. The number of aromatic amines is 1. The van der Waals surface area contributed by atoms with Crippen LogP contribution in [0.15, 0.2) is 61.1 Å². The van der Waals surface area contributed by atoms with Crippen LogP contribution in [0.25, 0.3) is 33.4 Å². The second-order valence-electron chi connectivity index (χ2n) is 5.49. The van der Waals surface area contributed by atoms with Crippen LogP contribution in [0.5, 0.6) is 5.75 Å². The first-order chi connectivity index (χ1) is 11.3. The lowest BCUT2D eigenvalue weighted by Crippen LogP contribution is -1.85. The topological polar surface area (TPSA) is 61.8 Å². The molecule has 0 radical (unpaired) electrons. The first-order valence-electron chi connectivity index (χ1n) is 7.42. The first-order valence-corrected chi connectivity index (χ1v) is 7.42. The van der Waals surface area contributed by atoms with Gasteiger partial charge in [-0.1, -0.05) is 30.3 Å². The van der Waals surface area contributed by atoms with Crippen LogP contribution >= 0.6 is 0 Å². The van der Waals surface area contributed by atoms with Crippen molar-refractivity contribution in [1.29, 1.82) is 0 Å². The fourth-order valence-electron chi connectivity index (χ4n) is 2.90. The van der Waals surface area contributed by atoms with Gasteiger partial charge in [-0.05, 0) is 30.2 Å². The summed E-state index contributed by atoms with van der Waals surface area (Å²) >= 11 is 0. The molecular weight excluding hydrogens is 286 g/mol. The summed E-state index contributed by atoms with van der Waals surface area (Å²) < 4.78 is 0. The Morgan fingerprint density at radius 3 is 2.61 bits per heavy atom. The molecule has 3 heterocycles. The van der Waals surface area contributed by atoms with E-state index in [1.165, 1.54) is 6.20 Å². The van der Waals surface area contributed by atoms with Gasteiger partial charge in [0.15, 0.2) is 0 Å². The molecule has 4 nitrogen and oxygen atoms in total. The maximum absolute atomic E-state index is 10.2. The van der Waals surface area contributed by atoms with E-state index in [1.807, 2.05) is 55.6 Å². The van der Waals surface area contributed by atoms with E-state index in [9.17, 15) is 5.11 Å². The summed E-state index contributed by atoms with van der Waals surface area (Å²) in [6, 6.07) is 13.9. The van der Waals surface area contributed by atoms with E-state index < -0.39 is 0 Å². The van der Waals surface area contributed by atoms with Gasteiger partial charge >= 0.3 is 0 Å². The molecule has 3 aromatic heterocycles. The van der Waals surface area contributed by atoms with E-state index in [2.05, 4.69) is 15.0 Å². The number of nitrogens with zero attached hydrogens (tertiary/aromatic N) is 2. The van der Waals surface area contributed by atoms with E-state index in [0.717, 1.165) is 39.0 Å². The number of benzene rings is 1. The number of fused-ring (bicyclic) bond motifs is 1. The molecule has 0 fully saturated rings. The number of nitrogens with one attached hydrogen (secondary N) is 1. The number of pyridine rings is 2. The van der Waals surface area contributed by atoms with E-state index in [4.69, 9.17) is 0 Å². The minimum atomic E-state index is 0.147. The minimum absolute atomic E-state index is 0.147.